The largest absolute Gasteiger partial charge is 0.462 e. The van der Waals surface area contributed by atoms with E-state index in [4.69, 9.17) is 14.2 Å². The van der Waals surface area contributed by atoms with Gasteiger partial charge >= 0.3 is 17.9 Å². The Morgan fingerprint density at radius 3 is 0.899 bits per heavy atom. The summed E-state index contributed by atoms with van der Waals surface area (Å²) in [6.07, 6.45) is 77.2. The van der Waals surface area contributed by atoms with Crippen molar-refractivity contribution in [3.05, 3.63) is 109 Å². The fourth-order valence-corrected chi connectivity index (χ4v) is 7.58. The van der Waals surface area contributed by atoms with Crippen LogP contribution in [0.5, 0.6) is 0 Å². The Kier molecular flexibility index (Phi) is 53.4. The van der Waals surface area contributed by atoms with Gasteiger partial charge in [0.2, 0.25) is 0 Å². The van der Waals surface area contributed by atoms with Crippen LogP contribution in [0.2, 0.25) is 0 Å². The van der Waals surface area contributed by atoms with E-state index >= 15 is 0 Å². The number of rotatable bonds is 50. The van der Waals surface area contributed by atoms with Crippen LogP contribution in [0.4, 0.5) is 0 Å². The third-order valence-electron chi connectivity index (χ3n) is 11.8. The molecule has 0 aromatic rings. The molecule has 0 spiro atoms. The van der Waals surface area contributed by atoms with Crippen molar-refractivity contribution in [2.75, 3.05) is 13.2 Å². The molecule has 0 rings (SSSR count). The number of allylic oxidation sites excluding steroid dienone is 18. The molecular formula is C63H104O6. The third-order valence-corrected chi connectivity index (χ3v) is 11.8. The van der Waals surface area contributed by atoms with Crippen molar-refractivity contribution in [2.45, 2.75) is 258 Å². The highest BCUT2D eigenvalue weighted by atomic mass is 16.6. The normalized spacial score (nSPS) is 12.9. The van der Waals surface area contributed by atoms with Crippen LogP contribution >= 0.6 is 0 Å². The summed E-state index contributed by atoms with van der Waals surface area (Å²) in [5.41, 5.74) is 0. The van der Waals surface area contributed by atoms with Crippen molar-refractivity contribution >= 4 is 17.9 Å². The van der Waals surface area contributed by atoms with Crippen LogP contribution in [0, 0.1) is 0 Å². The first-order valence-corrected chi connectivity index (χ1v) is 28.4. The molecule has 6 heteroatoms. The highest BCUT2D eigenvalue weighted by Crippen LogP contribution is 2.15. The first-order chi connectivity index (χ1) is 34.0. The van der Waals surface area contributed by atoms with Gasteiger partial charge in [0, 0.05) is 19.3 Å². The second kappa shape index (κ2) is 56.7. The summed E-state index contributed by atoms with van der Waals surface area (Å²) in [6.45, 7) is 6.29. The maximum atomic E-state index is 12.7. The number of esters is 3. The topological polar surface area (TPSA) is 78.9 Å². The fraction of sp³-hybridized carbons (Fsp3) is 0.667. The molecule has 6 nitrogen and oxygen atoms in total. The number of ether oxygens (including phenoxy) is 3. The molecule has 0 aliphatic heterocycles. The minimum absolute atomic E-state index is 0.0897. The molecule has 1 unspecified atom stereocenters. The highest BCUT2D eigenvalue weighted by Gasteiger charge is 2.19. The summed E-state index contributed by atoms with van der Waals surface area (Å²) in [5.74, 6) is -0.936. The van der Waals surface area contributed by atoms with Crippen molar-refractivity contribution in [1.29, 1.82) is 0 Å². The monoisotopic (exact) mass is 957 g/mol. The quantitative estimate of drug-likeness (QED) is 0.0262. The second-order valence-electron chi connectivity index (χ2n) is 18.4. The van der Waals surface area contributed by atoms with Gasteiger partial charge in [-0.2, -0.15) is 0 Å². The first kappa shape index (κ1) is 65.1. The summed E-state index contributed by atoms with van der Waals surface area (Å²) >= 11 is 0. The zero-order chi connectivity index (χ0) is 50.0. The lowest BCUT2D eigenvalue weighted by Gasteiger charge is -2.18. The molecule has 0 amide bonds. The molecule has 69 heavy (non-hydrogen) atoms. The minimum Gasteiger partial charge on any atom is -0.462 e. The van der Waals surface area contributed by atoms with E-state index in [0.29, 0.717) is 19.3 Å². The van der Waals surface area contributed by atoms with Crippen molar-refractivity contribution in [3.63, 3.8) is 0 Å². The summed E-state index contributed by atoms with van der Waals surface area (Å²) < 4.78 is 16.6. The van der Waals surface area contributed by atoms with Crippen LogP contribution in [0.1, 0.15) is 252 Å². The molecule has 0 aliphatic carbocycles. The lowest BCUT2D eigenvalue weighted by atomic mass is 10.0. The molecule has 0 aliphatic rings. The Hall–Kier alpha value is -3.93. The average Bonchev–Trinajstić information content (AvgIpc) is 3.35. The molecule has 0 saturated carbocycles. The van der Waals surface area contributed by atoms with Crippen LogP contribution in [0.25, 0.3) is 0 Å². The van der Waals surface area contributed by atoms with Gasteiger partial charge in [-0.1, -0.05) is 239 Å². The minimum atomic E-state index is -0.788. The maximum absolute atomic E-state index is 12.7. The van der Waals surface area contributed by atoms with Gasteiger partial charge in [-0.15, -0.1) is 0 Å². The van der Waals surface area contributed by atoms with Crippen LogP contribution in [0.15, 0.2) is 109 Å². The van der Waals surface area contributed by atoms with Gasteiger partial charge in [0.1, 0.15) is 13.2 Å². The van der Waals surface area contributed by atoms with Gasteiger partial charge in [-0.05, 0) is 103 Å². The molecule has 0 aromatic carbocycles. The molecule has 0 saturated heterocycles. The molecule has 0 heterocycles. The lowest BCUT2D eigenvalue weighted by Crippen LogP contribution is -2.30. The van der Waals surface area contributed by atoms with Gasteiger partial charge in [-0.3, -0.25) is 14.4 Å². The number of carbonyl (C=O) groups excluding carboxylic acids is 3. The fourth-order valence-electron chi connectivity index (χ4n) is 7.58. The Morgan fingerprint density at radius 1 is 0.304 bits per heavy atom. The van der Waals surface area contributed by atoms with E-state index in [1.807, 2.05) is 0 Å². The number of hydrogen-bond acceptors (Lipinski definition) is 6. The Balaban J connectivity index is 3.99. The third kappa shape index (κ3) is 54.9. The maximum Gasteiger partial charge on any atom is 0.306 e. The highest BCUT2D eigenvalue weighted by molar-refractivity contribution is 5.71. The van der Waals surface area contributed by atoms with Crippen molar-refractivity contribution in [2.24, 2.45) is 0 Å². The summed E-state index contributed by atoms with van der Waals surface area (Å²) in [5, 5.41) is 0. The van der Waals surface area contributed by atoms with Crippen molar-refractivity contribution in [1.82, 2.24) is 0 Å². The van der Waals surface area contributed by atoms with Gasteiger partial charge in [0.15, 0.2) is 6.10 Å². The smallest absolute Gasteiger partial charge is 0.306 e. The van der Waals surface area contributed by atoms with Gasteiger partial charge in [0.25, 0.3) is 0 Å². The Labute approximate surface area is 425 Å². The predicted molar refractivity (Wildman–Crippen MR) is 297 cm³/mol. The molecule has 0 aromatic heterocycles. The van der Waals surface area contributed by atoms with Gasteiger partial charge < -0.3 is 14.2 Å². The van der Waals surface area contributed by atoms with E-state index in [9.17, 15) is 14.4 Å². The van der Waals surface area contributed by atoms with E-state index in [-0.39, 0.29) is 31.1 Å². The zero-order valence-electron chi connectivity index (χ0n) is 44.8. The second-order valence-corrected chi connectivity index (χ2v) is 18.4. The number of unbranched alkanes of at least 4 members (excludes halogenated alkanes) is 21. The summed E-state index contributed by atoms with van der Waals surface area (Å²) in [6, 6.07) is 0. The Morgan fingerprint density at radius 2 is 0.565 bits per heavy atom. The average molecular weight is 958 g/mol. The van der Waals surface area contributed by atoms with Gasteiger partial charge in [-0.25, -0.2) is 0 Å². The molecule has 1 atom stereocenters. The van der Waals surface area contributed by atoms with E-state index in [1.54, 1.807) is 0 Å². The molecule has 392 valence electrons. The van der Waals surface area contributed by atoms with Crippen molar-refractivity contribution < 1.29 is 28.6 Å². The number of carbonyl (C=O) groups is 3. The molecular weight excluding hydrogens is 853 g/mol. The van der Waals surface area contributed by atoms with Crippen LogP contribution in [-0.2, 0) is 28.6 Å². The standard InChI is InChI=1S/C63H104O6/c1-4-7-10-13-15-17-19-21-22-23-24-25-26-27-28-29-30-31-32-33-34-35-36-37-38-39-40-42-43-45-47-50-53-56-62(65)68-59-60(58-67-61(64)55-52-49-12-9-6-3)69-63(66)57-54-51-48-46-44-41-20-18-16-14-11-8-5-2/h7-8,10-11,15-18,21-22,24-25,27-28,30-31,41,44,60H,4-6,9,12-14,19-20,23,26,29,32-40,42-43,45-59H2,1-3H3/b10-7-,11-8-,17-15-,18-16-,22-21-,25-24-,28-27-,31-30-,44-41-. The van der Waals surface area contributed by atoms with E-state index in [0.717, 1.165) is 128 Å². The zero-order valence-corrected chi connectivity index (χ0v) is 44.8. The van der Waals surface area contributed by atoms with E-state index < -0.39 is 6.10 Å². The molecule has 0 radical (unpaired) electrons. The SMILES string of the molecule is CC/C=C\C/C=C\C/C=C\C/C=C\C/C=C\C/C=C\CCCCCCCCCCCCCCCCC(=O)OCC(COC(=O)CCCCCCC)OC(=O)CCCCC/C=C\C/C=C\C/C=C\CC. The van der Waals surface area contributed by atoms with Crippen molar-refractivity contribution in [3.8, 4) is 0 Å². The molecule has 0 N–H and O–H groups in total. The predicted octanol–water partition coefficient (Wildman–Crippen LogP) is 19.1. The summed E-state index contributed by atoms with van der Waals surface area (Å²) in [4.78, 5) is 37.7. The molecule has 0 fully saturated rings. The van der Waals surface area contributed by atoms with E-state index in [1.165, 1.54) is 83.5 Å². The van der Waals surface area contributed by atoms with Crippen LogP contribution in [0.3, 0.4) is 0 Å². The van der Waals surface area contributed by atoms with Gasteiger partial charge in [0.05, 0.1) is 0 Å². The summed E-state index contributed by atoms with van der Waals surface area (Å²) in [7, 11) is 0. The van der Waals surface area contributed by atoms with Crippen LogP contribution in [-0.4, -0.2) is 37.2 Å². The lowest BCUT2D eigenvalue weighted by molar-refractivity contribution is -0.167. The number of hydrogen-bond donors (Lipinski definition) is 0. The Bertz CT molecular complexity index is 1420. The first-order valence-electron chi connectivity index (χ1n) is 28.4. The van der Waals surface area contributed by atoms with Crippen LogP contribution < -0.4 is 0 Å². The molecule has 0 bridgehead atoms. The van der Waals surface area contributed by atoms with E-state index in [2.05, 4.69) is 130 Å².